The predicted octanol–water partition coefficient (Wildman–Crippen LogP) is 6.69. The summed E-state index contributed by atoms with van der Waals surface area (Å²) in [6, 6.07) is 13.1. The smallest absolute Gasteiger partial charge is 0.220 e. The number of fused-ring (bicyclic) bond motifs is 1. The van der Waals surface area contributed by atoms with Crippen LogP contribution in [0.3, 0.4) is 0 Å². The van der Waals surface area contributed by atoms with Gasteiger partial charge in [-0.25, -0.2) is 9.50 Å². The topological polar surface area (TPSA) is 87.0 Å². The van der Waals surface area contributed by atoms with E-state index in [1.807, 2.05) is 36.4 Å². The Balaban J connectivity index is 1.43. The fourth-order valence-corrected chi connectivity index (χ4v) is 5.46. The number of nitrogens with zero attached hydrogens (tertiary/aromatic N) is 3. The second-order valence-corrected chi connectivity index (χ2v) is 11.1. The summed E-state index contributed by atoms with van der Waals surface area (Å²) in [6.07, 6.45) is 2.27. The zero-order chi connectivity index (χ0) is 28.8. The summed E-state index contributed by atoms with van der Waals surface area (Å²) in [5.74, 6) is 2.03. The highest BCUT2D eigenvalue weighted by molar-refractivity contribution is 9.10. The molecule has 1 atom stereocenters. The molecule has 2 aromatic carbocycles. The molecule has 0 bridgehead atoms. The number of aromatic nitrogens is 3. The number of hydrogen-bond donors (Lipinski definition) is 1. The third-order valence-corrected chi connectivity index (χ3v) is 7.78. The van der Waals surface area contributed by atoms with E-state index in [1.165, 1.54) is 0 Å². The van der Waals surface area contributed by atoms with Crippen LogP contribution >= 0.6 is 39.1 Å². The molecule has 0 radical (unpaired) electrons. The van der Waals surface area contributed by atoms with Gasteiger partial charge in [0, 0.05) is 22.9 Å². The van der Waals surface area contributed by atoms with E-state index < -0.39 is 0 Å². The Morgan fingerprint density at radius 3 is 2.50 bits per heavy atom. The van der Waals surface area contributed by atoms with Crippen LogP contribution < -0.4 is 19.5 Å². The van der Waals surface area contributed by atoms with Crippen LogP contribution in [0.2, 0.25) is 10.2 Å². The maximum atomic E-state index is 12.8. The first-order chi connectivity index (χ1) is 19.2. The molecule has 4 rings (SSSR count). The number of carbonyl (C=O) groups excluding carboxylic acids is 1. The van der Waals surface area contributed by atoms with Crippen LogP contribution in [0.25, 0.3) is 5.65 Å². The number of amides is 1. The molecule has 1 unspecified atom stereocenters. The van der Waals surface area contributed by atoms with Crippen molar-refractivity contribution in [3.63, 3.8) is 0 Å². The van der Waals surface area contributed by atoms with Crippen molar-refractivity contribution >= 4 is 50.7 Å². The lowest BCUT2D eigenvalue weighted by Crippen LogP contribution is -2.24. The molecule has 0 fully saturated rings. The van der Waals surface area contributed by atoms with Gasteiger partial charge in [-0.1, -0.05) is 52.1 Å². The quantitative estimate of drug-likeness (QED) is 0.184. The van der Waals surface area contributed by atoms with E-state index in [-0.39, 0.29) is 18.4 Å². The number of methoxy groups -OCH3 is 3. The summed E-state index contributed by atoms with van der Waals surface area (Å²) in [5, 5.41) is 8.37. The first kappa shape index (κ1) is 30.0. The fourth-order valence-electron chi connectivity index (χ4n) is 4.60. The van der Waals surface area contributed by atoms with E-state index in [0.29, 0.717) is 53.0 Å². The lowest BCUT2D eigenvalue weighted by atomic mass is 9.96. The lowest BCUT2D eigenvalue weighted by Gasteiger charge is -2.16. The van der Waals surface area contributed by atoms with Gasteiger partial charge in [0.1, 0.15) is 10.9 Å². The Kier molecular flexibility index (Phi) is 10.2. The molecule has 4 aromatic rings. The van der Waals surface area contributed by atoms with E-state index in [9.17, 15) is 4.79 Å². The van der Waals surface area contributed by atoms with E-state index >= 15 is 0 Å². The Morgan fingerprint density at radius 2 is 1.77 bits per heavy atom. The second-order valence-electron chi connectivity index (χ2n) is 9.46. The zero-order valence-corrected chi connectivity index (χ0v) is 25.9. The molecular weight excluding hydrogens is 619 g/mol. The van der Waals surface area contributed by atoms with Crippen LogP contribution in [0, 0.1) is 5.92 Å². The minimum Gasteiger partial charge on any atom is -0.496 e. The maximum Gasteiger partial charge on any atom is 0.220 e. The van der Waals surface area contributed by atoms with Crippen LogP contribution in [-0.2, 0) is 24.2 Å². The zero-order valence-electron chi connectivity index (χ0n) is 22.8. The summed E-state index contributed by atoms with van der Waals surface area (Å²) in [5.41, 5.74) is 4.10. The second kappa shape index (κ2) is 13.6. The first-order valence-electron chi connectivity index (χ1n) is 12.8. The molecule has 0 spiro atoms. The molecule has 0 saturated carbocycles. The molecule has 0 saturated heterocycles. The Labute approximate surface area is 252 Å². The van der Waals surface area contributed by atoms with Crippen LogP contribution in [0.15, 0.2) is 46.9 Å². The molecule has 11 heteroatoms. The first-order valence-corrected chi connectivity index (χ1v) is 14.3. The van der Waals surface area contributed by atoms with Gasteiger partial charge in [-0.2, -0.15) is 5.10 Å². The average Bonchev–Trinajstić information content (AvgIpc) is 3.28. The van der Waals surface area contributed by atoms with Gasteiger partial charge < -0.3 is 19.5 Å². The summed E-state index contributed by atoms with van der Waals surface area (Å²) in [6.45, 7) is 2.36. The molecule has 1 N–H and O–H groups in total. The highest BCUT2D eigenvalue weighted by atomic mass is 79.9. The van der Waals surface area contributed by atoms with E-state index in [0.717, 1.165) is 32.7 Å². The minimum atomic E-state index is -0.0562. The van der Waals surface area contributed by atoms with E-state index in [4.69, 9.17) is 42.4 Å². The number of halogens is 3. The Bertz CT molecular complexity index is 1510. The number of nitrogens with one attached hydrogen (secondary N) is 1. The highest BCUT2D eigenvalue weighted by Gasteiger charge is 2.19. The maximum absolute atomic E-state index is 12.8. The molecule has 8 nitrogen and oxygen atoms in total. The number of benzene rings is 2. The molecule has 40 heavy (non-hydrogen) atoms. The molecule has 212 valence electrons. The summed E-state index contributed by atoms with van der Waals surface area (Å²) in [7, 11) is 4.78. The fraction of sp³-hybridized carbons (Fsp3) is 0.345. The van der Waals surface area contributed by atoms with Crippen LogP contribution in [-0.4, -0.2) is 41.8 Å². The Morgan fingerprint density at radius 1 is 1.02 bits per heavy atom. The summed E-state index contributed by atoms with van der Waals surface area (Å²) >= 11 is 16.3. The lowest BCUT2D eigenvalue weighted by molar-refractivity contribution is -0.121. The number of imidazole rings is 1. The number of ether oxygens (including phenoxy) is 3. The monoisotopic (exact) mass is 648 g/mol. The van der Waals surface area contributed by atoms with Crippen LogP contribution in [0.1, 0.15) is 42.3 Å². The van der Waals surface area contributed by atoms with Gasteiger partial charge in [0.15, 0.2) is 17.1 Å². The van der Waals surface area contributed by atoms with Gasteiger partial charge in [-0.3, -0.25) is 4.79 Å². The summed E-state index contributed by atoms with van der Waals surface area (Å²) in [4.78, 5) is 17.6. The van der Waals surface area contributed by atoms with Crippen molar-refractivity contribution in [3.05, 3.63) is 79.6 Å². The predicted molar refractivity (Wildman–Crippen MR) is 160 cm³/mol. The van der Waals surface area contributed by atoms with Gasteiger partial charge in [0.2, 0.25) is 5.91 Å². The van der Waals surface area contributed by atoms with Crippen molar-refractivity contribution in [3.8, 4) is 17.2 Å². The van der Waals surface area contributed by atoms with Gasteiger partial charge >= 0.3 is 0 Å². The standard InChI is InChI=1S/C29H31BrCl2N4O4/c1-17(13-18-6-8-24(39-3)29(40-4)28(18)32)5-12-27(37)33-16-21-22(36-26(34-21)11-10-25(31)35-36)15-19-14-20(30)7-9-23(19)38-2/h6-11,14,17H,5,12-13,15-16H2,1-4H3,(H,33,37). The number of hydrogen-bond acceptors (Lipinski definition) is 6. The normalized spacial score (nSPS) is 11.9. The van der Waals surface area contributed by atoms with Crippen molar-refractivity contribution in [2.24, 2.45) is 5.92 Å². The Hall–Kier alpha value is -3.01. The highest BCUT2D eigenvalue weighted by Crippen LogP contribution is 2.38. The van der Waals surface area contributed by atoms with Crippen molar-refractivity contribution in [2.75, 3.05) is 21.3 Å². The molecular formula is C29H31BrCl2N4O4. The van der Waals surface area contributed by atoms with E-state index in [2.05, 4.69) is 33.3 Å². The molecule has 0 aliphatic heterocycles. The largest absolute Gasteiger partial charge is 0.496 e. The van der Waals surface area contributed by atoms with Gasteiger partial charge in [-0.15, -0.1) is 0 Å². The number of carbonyl (C=O) groups is 1. The van der Waals surface area contributed by atoms with Crippen molar-refractivity contribution in [1.29, 1.82) is 0 Å². The van der Waals surface area contributed by atoms with Crippen molar-refractivity contribution in [2.45, 2.75) is 39.2 Å². The van der Waals surface area contributed by atoms with Crippen molar-refractivity contribution < 1.29 is 19.0 Å². The van der Waals surface area contributed by atoms with Crippen molar-refractivity contribution in [1.82, 2.24) is 19.9 Å². The van der Waals surface area contributed by atoms with E-state index in [1.54, 1.807) is 31.9 Å². The molecule has 2 heterocycles. The third kappa shape index (κ3) is 7.00. The van der Waals surface area contributed by atoms with Gasteiger partial charge in [0.05, 0.1) is 44.3 Å². The molecule has 2 aromatic heterocycles. The SMILES string of the molecule is COc1ccc(Br)cc1Cc1c(CNC(=O)CCC(C)Cc2ccc(OC)c(OC)c2Cl)nc2ccc(Cl)nn12. The van der Waals surface area contributed by atoms with Crippen LogP contribution in [0.5, 0.6) is 17.2 Å². The molecule has 0 aliphatic carbocycles. The average molecular weight is 650 g/mol. The van der Waals surface area contributed by atoms with Gasteiger partial charge in [-0.05, 0) is 60.7 Å². The molecule has 1 amide bonds. The molecule has 0 aliphatic rings. The van der Waals surface area contributed by atoms with Gasteiger partial charge in [0.25, 0.3) is 0 Å². The minimum absolute atomic E-state index is 0.0562. The third-order valence-electron chi connectivity index (χ3n) is 6.67. The summed E-state index contributed by atoms with van der Waals surface area (Å²) < 4.78 is 18.9. The number of rotatable bonds is 12. The van der Waals surface area contributed by atoms with Crippen LogP contribution in [0.4, 0.5) is 0 Å².